The molecule has 0 fully saturated rings. The van der Waals surface area contributed by atoms with Crippen LogP contribution in [0.15, 0.2) is 47.4 Å². The molecule has 1 heterocycles. The highest BCUT2D eigenvalue weighted by Gasteiger charge is 2.03. The van der Waals surface area contributed by atoms with E-state index in [4.69, 9.17) is 5.73 Å². The van der Waals surface area contributed by atoms with E-state index in [2.05, 4.69) is 5.10 Å². The highest BCUT2D eigenvalue weighted by atomic mass is 16.1. The van der Waals surface area contributed by atoms with Crippen molar-refractivity contribution < 1.29 is 0 Å². The summed E-state index contributed by atoms with van der Waals surface area (Å²) in [5.41, 5.74) is 6.48. The Morgan fingerprint density at radius 2 is 2.20 bits per heavy atom. The average Bonchev–Trinajstić information content (AvgIpc) is 2.46. The van der Waals surface area contributed by atoms with Crippen LogP contribution in [0.3, 0.4) is 0 Å². The average molecular weight is 201 g/mol. The van der Waals surface area contributed by atoms with Crippen LogP contribution in [0, 0.1) is 0 Å². The van der Waals surface area contributed by atoms with E-state index in [1.165, 1.54) is 16.9 Å². The molecule has 1 aromatic heterocycles. The maximum atomic E-state index is 11.6. The van der Waals surface area contributed by atoms with E-state index in [0.29, 0.717) is 12.1 Å². The van der Waals surface area contributed by atoms with Gasteiger partial charge in [-0.15, -0.1) is 0 Å². The summed E-state index contributed by atoms with van der Waals surface area (Å²) in [6, 6.07) is 1.37. The molecule has 2 N–H and O–H groups in total. The maximum Gasteiger partial charge on any atom is 0.273 e. The Labute approximate surface area is 87.0 Å². The fourth-order valence-corrected chi connectivity index (χ4v) is 1.36. The molecule has 0 amide bonds. The van der Waals surface area contributed by atoms with Crippen molar-refractivity contribution in [2.24, 2.45) is 0 Å². The van der Waals surface area contributed by atoms with E-state index in [1.807, 2.05) is 30.4 Å². The quantitative estimate of drug-likeness (QED) is 0.742. The van der Waals surface area contributed by atoms with Crippen molar-refractivity contribution in [1.82, 2.24) is 9.78 Å². The summed E-state index contributed by atoms with van der Waals surface area (Å²) in [5.74, 6) is 0. The summed E-state index contributed by atoms with van der Waals surface area (Å²) in [4.78, 5) is 11.6. The summed E-state index contributed by atoms with van der Waals surface area (Å²) < 4.78 is 1.36. The summed E-state index contributed by atoms with van der Waals surface area (Å²) >= 11 is 0. The lowest BCUT2D eigenvalue weighted by Crippen LogP contribution is -2.21. The van der Waals surface area contributed by atoms with E-state index < -0.39 is 0 Å². The van der Waals surface area contributed by atoms with Crippen molar-refractivity contribution in [1.29, 1.82) is 0 Å². The number of anilines is 1. The van der Waals surface area contributed by atoms with Crippen LogP contribution in [0.4, 0.5) is 5.69 Å². The number of allylic oxidation sites excluding steroid dienone is 6. The van der Waals surface area contributed by atoms with Gasteiger partial charge in [0, 0.05) is 18.2 Å². The second-order valence-corrected chi connectivity index (χ2v) is 3.21. The van der Waals surface area contributed by atoms with E-state index in [9.17, 15) is 4.79 Å². The van der Waals surface area contributed by atoms with Gasteiger partial charge >= 0.3 is 0 Å². The fourth-order valence-electron chi connectivity index (χ4n) is 1.36. The third-order valence-corrected chi connectivity index (χ3v) is 2.07. The molecule has 4 heteroatoms. The smallest absolute Gasteiger partial charge is 0.273 e. The molecule has 0 aliphatic heterocycles. The van der Waals surface area contributed by atoms with E-state index in [1.54, 1.807) is 0 Å². The Morgan fingerprint density at radius 3 is 3.00 bits per heavy atom. The molecule has 0 saturated heterocycles. The largest absolute Gasteiger partial charge is 0.397 e. The molecule has 15 heavy (non-hydrogen) atoms. The van der Waals surface area contributed by atoms with Crippen LogP contribution in [-0.4, -0.2) is 9.78 Å². The van der Waals surface area contributed by atoms with Crippen LogP contribution >= 0.6 is 0 Å². The Morgan fingerprint density at radius 1 is 1.33 bits per heavy atom. The van der Waals surface area contributed by atoms with Gasteiger partial charge < -0.3 is 5.73 Å². The zero-order chi connectivity index (χ0) is 10.7. The summed E-state index contributed by atoms with van der Waals surface area (Å²) in [6.07, 6.45) is 11.7. The van der Waals surface area contributed by atoms with Crippen LogP contribution in [0.5, 0.6) is 0 Å². The minimum atomic E-state index is -0.204. The van der Waals surface area contributed by atoms with Crippen LogP contribution in [-0.2, 0) is 0 Å². The topological polar surface area (TPSA) is 60.9 Å². The first-order chi connectivity index (χ1) is 7.27. The highest BCUT2D eigenvalue weighted by Crippen LogP contribution is 2.10. The Balaban J connectivity index is 2.46. The van der Waals surface area contributed by atoms with Gasteiger partial charge in [0.15, 0.2) is 0 Å². The fraction of sp³-hybridized carbons (Fsp3) is 0.0909. The number of hydrogen-bond donors (Lipinski definition) is 1. The van der Waals surface area contributed by atoms with Gasteiger partial charge in [-0.1, -0.05) is 24.3 Å². The van der Waals surface area contributed by atoms with Crippen molar-refractivity contribution in [3.63, 3.8) is 0 Å². The van der Waals surface area contributed by atoms with Gasteiger partial charge in [-0.05, 0) is 6.08 Å². The van der Waals surface area contributed by atoms with Crippen molar-refractivity contribution >= 4 is 11.4 Å². The van der Waals surface area contributed by atoms with Gasteiger partial charge in [0.1, 0.15) is 0 Å². The van der Waals surface area contributed by atoms with E-state index in [-0.39, 0.29) is 5.56 Å². The number of nitrogen functional groups attached to an aromatic ring is 1. The summed E-state index contributed by atoms with van der Waals surface area (Å²) in [7, 11) is 0. The Hall–Kier alpha value is -2.10. The molecule has 0 spiro atoms. The van der Waals surface area contributed by atoms with Crippen molar-refractivity contribution in [3.8, 4) is 0 Å². The van der Waals surface area contributed by atoms with Gasteiger partial charge in [0.05, 0.1) is 11.9 Å². The monoisotopic (exact) mass is 201 g/mol. The molecule has 1 aromatic rings. The lowest BCUT2D eigenvalue weighted by Gasteiger charge is -2.05. The van der Waals surface area contributed by atoms with Crippen molar-refractivity contribution in [3.05, 3.63) is 53.0 Å². The number of hydrogen-bond acceptors (Lipinski definition) is 3. The molecule has 0 atom stereocenters. The summed E-state index contributed by atoms with van der Waals surface area (Å²) in [5, 5.41) is 3.99. The first-order valence-electron chi connectivity index (χ1n) is 4.65. The molecule has 0 radical (unpaired) electrons. The number of aromatic nitrogens is 2. The van der Waals surface area contributed by atoms with Gasteiger partial charge in [-0.2, -0.15) is 5.10 Å². The molecule has 1 aliphatic rings. The number of rotatable bonds is 1. The zero-order valence-electron chi connectivity index (χ0n) is 8.13. The van der Waals surface area contributed by atoms with Crippen LogP contribution in [0.1, 0.15) is 6.42 Å². The second kappa shape index (κ2) is 3.96. The number of nitrogens with two attached hydrogens (primary N) is 1. The van der Waals surface area contributed by atoms with Gasteiger partial charge in [0.2, 0.25) is 0 Å². The SMILES string of the molecule is Nc1cnn(C2=CC=CC=CC2)c(=O)c1. The Bertz CT molecular complexity index is 509. The molecule has 4 nitrogen and oxygen atoms in total. The standard InChI is InChI=1S/C11H11N3O/c12-9-7-11(15)14(13-8-9)10-5-3-1-2-4-6-10/h1-5,7-8H,6,12H2. The first kappa shape index (κ1) is 9.45. The van der Waals surface area contributed by atoms with Crippen LogP contribution in [0.2, 0.25) is 0 Å². The molecule has 1 aliphatic carbocycles. The highest BCUT2D eigenvalue weighted by molar-refractivity contribution is 5.51. The summed E-state index contributed by atoms with van der Waals surface area (Å²) in [6.45, 7) is 0. The molecule has 0 bridgehead atoms. The maximum absolute atomic E-state index is 11.6. The predicted octanol–water partition coefficient (Wildman–Crippen LogP) is 1.18. The van der Waals surface area contributed by atoms with Crippen molar-refractivity contribution in [2.75, 3.05) is 5.73 Å². The van der Waals surface area contributed by atoms with Crippen LogP contribution in [0.25, 0.3) is 5.70 Å². The third-order valence-electron chi connectivity index (χ3n) is 2.07. The van der Waals surface area contributed by atoms with Gasteiger partial charge in [-0.25, -0.2) is 4.68 Å². The molecular weight excluding hydrogens is 190 g/mol. The van der Waals surface area contributed by atoms with Crippen LogP contribution < -0.4 is 11.3 Å². The first-order valence-corrected chi connectivity index (χ1v) is 4.65. The molecule has 0 unspecified atom stereocenters. The van der Waals surface area contributed by atoms with Gasteiger partial charge in [0.25, 0.3) is 5.56 Å². The van der Waals surface area contributed by atoms with E-state index >= 15 is 0 Å². The zero-order valence-corrected chi connectivity index (χ0v) is 8.13. The lowest BCUT2D eigenvalue weighted by atomic mass is 10.3. The normalized spacial score (nSPS) is 14.8. The van der Waals surface area contributed by atoms with E-state index in [0.717, 1.165) is 5.70 Å². The third kappa shape index (κ3) is 2.04. The van der Waals surface area contributed by atoms with Gasteiger partial charge in [-0.3, -0.25) is 4.79 Å². The lowest BCUT2D eigenvalue weighted by molar-refractivity contribution is 0.810. The molecule has 0 aromatic carbocycles. The van der Waals surface area contributed by atoms with Crippen molar-refractivity contribution in [2.45, 2.75) is 6.42 Å². The molecular formula is C11H11N3O. The molecule has 76 valence electrons. The second-order valence-electron chi connectivity index (χ2n) is 3.21. The minimum absolute atomic E-state index is 0.204. The molecule has 2 rings (SSSR count). The predicted molar refractivity (Wildman–Crippen MR) is 60.1 cm³/mol. The molecule has 0 saturated carbocycles. The number of nitrogens with zero attached hydrogens (tertiary/aromatic N) is 2. The minimum Gasteiger partial charge on any atom is -0.397 e. The Kier molecular flexibility index (Phi) is 2.49.